The zero-order valence-corrected chi connectivity index (χ0v) is 16.1. The van der Waals surface area contributed by atoms with E-state index in [1.54, 1.807) is 4.68 Å². The second kappa shape index (κ2) is 9.34. The van der Waals surface area contributed by atoms with Crippen LogP contribution in [0, 0.1) is 18.8 Å². The fourth-order valence-corrected chi connectivity index (χ4v) is 3.51. The number of aliphatic hydroxyl groups is 1. The molecule has 25 heavy (non-hydrogen) atoms. The number of aryl methyl sites for hydroxylation is 1. The van der Waals surface area contributed by atoms with Crippen LogP contribution in [0.3, 0.4) is 0 Å². The number of piperidine rings is 1. The number of aromatic nitrogens is 2. The molecular weight excluding hydrogens is 318 g/mol. The minimum atomic E-state index is -0.254. The van der Waals surface area contributed by atoms with Gasteiger partial charge in [-0.05, 0) is 51.0 Å². The van der Waals surface area contributed by atoms with Crippen LogP contribution in [0.1, 0.15) is 56.2 Å². The van der Waals surface area contributed by atoms with E-state index in [1.165, 1.54) is 0 Å². The maximum absolute atomic E-state index is 12.9. The number of aliphatic hydroxyl groups excluding tert-OH is 1. The van der Waals surface area contributed by atoms with Gasteiger partial charge in [-0.1, -0.05) is 13.8 Å². The number of rotatable bonds is 8. The highest BCUT2D eigenvalue weighted by molar-refractivity contribution is 5.92. The van der Waals surface area contributed by atoms with Crippen molar-refractivity contribution in [3.8, 4) is 0 Å². The Morgan fingerprint density at radius 1 is 1.40 bits per heavy atom. The van der Waals surface area contributed by atoms with Crippen LogP contribution in [-0.4, -0.2) is 58.1 Å². The lowest BCUT2D eigenvalue weighted by atomic mass is 9.87. The lowest BCUT2D eigenvalue weighted by Gasteiger charge is -2.34. The molecule has 0 radical (unpaired) electrons. The van der Waals surface area contributed by atoms with Gasteiger partial charge in [-0.2, -0.15) is 5.10 Å². The SMILES string of the molecule is CCOCCn1nc(C)cc1C(=O)N1CCC([C@H](O)CC(C)C)CC1. The first-order valence-corrected chi connectivity index (χ1v) is 9.51. The van der Waals surface area contributed by atoms with Gasteiger partial charge in [0, 0.05) is 19.7 Å². The Morgan fingerprint density at radius 2 is 2.08 bits per heavy atom. The van der Waals surface area contributed by atoms with E-state index in [-0.39, 0.29) is 12.0 Å². The number of hydrogen-bond donors (Lipinski definition) is 1. The fraction of sp³-hybridized carbons (Fsp3) is 0.789. The molecule has 0 spiro atoms. The van der Waals surface area contributed by atoms with Crippen LogP contribution >= 0.6 is 0 Å². The Labute approximate surface area is 151 Å². The highest BCUT2D eigenvalue weighted by Gasteiger charge is 2.29. The monoisotopic (exact) mass is 351 g/mol. The van der Waals surface area contributed by atoms with Crippen molar-refractivity contribution in [3.05, 3.63) is 17.5 Å². The van der Waals surface area contributed by atoms with Crippen molar-refractivity contribution >= 4 is 5.91 Å². The predicted molar refractivity (Wildman–Crippen MR) is 97.5 cm³/mol. The van der Waals surface area contributed by atoms with E-state index < -0.39 is 0 Å². The number of amides is 1. The van der Waals surface area contributed by atoms with E-state index in [2.05, 4.69) is 18.9 Å². The van der Waals surface area contributed by atoms with Crippen LogP contribution in [0.2, 0.25) is 0 Å². The molecule has 0 saturated carbocycles. The van der Waals surface area contributed by atoms with Gasteiger partial charge < -0.3 is 14.7 Å². The predicted octanol–water partition coefficient (Wildman–Crippen LogP) is 2.49. The topological polar surface area (TPSA) is 67.6 Å². The van der Waals surface area contributed by atoms with Crippen LogP contribution in [0.15, 0.2) is 6.07 Å². The average Bonchev–Trinajstić information content (AvgIpc) is 2.94. The van der Waals surface area contributed by atoms with Crippen molar-refractivity contribution in [1.29, 1.82) is 0 Å². The van der Waals surface area contributed by atoms with Gasteiger partial charge in [0.1, 0.15) is 5.69 Å². The van der Waals surface area contributed by atoms with Gasteiger partial charge in [-0.3, -0.25) is 9.48 Å². The molecule has 1 aromatic heterocycles. The van der Waals surface area contributed by atoms with Crippen molar-refractivity contribution in [2.75, 3.05) is 26.3 Å². The summed E-state index contributed by atoms with van der Waals surface area (Å²) in [5, 5.41) is 14.7. The molecule has 0 aliphatic carbocycles. The molecule has 2 heterocycles. The zero-order valence-electron chi connectivity index (χ0n) is 16.1. The average molecular weight is 351 g/mol. The molecule has 1 amide bonds. The summed E-state index contributed by atoms with van der Waals surface area (Å²) in [6.07, 6.45) is 2.32. The molecule has 142 valence electrons. The molecule has 6 heteroatoms. The van der Waals surface area contributed by atoms with Gasteiger partial charge in [0.15, 0.2) is 0 Å². The van der Waals surface area contributed by atoms with E-state index in [4.69, 9.17) is 4.74 Å². The summed E-state index contributed by atoms with van der Waals surface area (Å²) in [6, 6.07) is 1.86. The Kier molecular flexibility index (Phi) is 7.44. The van der Waals surface area contributed by atoms with E-state index >= 15 is 0 Å². The molecule has 1 aromatic rings. The van der Waals surface area contributed by atoms with E-state index in [0.717, 1.165) is 25.0 Å². The first kappa shape index (κ1) is 19.9. The number of carbonyl (C=O) groups excluding carboxylic acids is 1. The summed E-state index contributed by atoms with van der Waals surface area (Å²) >= 11 is 0. The number of nitrogens with zero attached hydrogens (tertiary/aromatic N) is 3. The molecule has 1 fully saturated rings. The fourth-order valence-electron chi connectivity index (χ4n) is 3.51. The Hall–Kier alpha value is -1.40. The van der Waals surface area contributed by atoms with Gasteiger partial charge in [0.25, 0.3) is 5.91 Å². The number of ether oxygens (including phenoxy) is 1. The highest BCUT2D eigenvalue weighted by Crippen LogP contribution is 2.25. The molecule has 1 aliphatic heterocycles. The molecule has 0 bridgehead atoms. The normalized spacial score (nSPS) is 17.3. The van der Waals surface area contributed by atoms with Crippen LogP contribution in [0.4, 0.5) is 0 Å². The second-order valence-electron chi connectivity index (χ2n) is 7.42. The summed E-state index contributed by atoms with van der Waals surface area (Å²) < 4.78 is 7.14. The van der Waals surface area contributed by atoms with Crippen molar-refractivity contribution in [3.63, 3.8) is 0 Å². The quantitative estimate of drug-likeness (QED) is 0.731. The molecule has 0 aromatic carbocycles. The Balaban J connectivity index is 1.94. The molecule has 6 nitrogen and oxygen atoms in total. The van der Waals surface area contributed by atoms with E-state index in [9.17, 15) is 9.90 Å². The van der Waals surface area contributed by atoms with E-state index in [1.807, 2.05) is 24.8 Å². The van der Waals surface area contributed by atoms with Gasteiger partial charge in [-0.15, -0.1) is 0 Å². The van der Waals surface area contributed by atoms with Crippen molar-refractivity contribution in [2.45, 2.75) is 59.6 Å². The van der Waals surface area contributed by atoms with Crippen LogP contribution < -0.4 is 0 Å². The third-order valence-electron chi connectivity index (χ3n) is 4.86. The summed E-state index contributed by atoms with van der Waals surface area (Å²) in [6.45, 7) is 11.3. The Bertz CT molecular complexity index is 548. The standard InChI is InChI=1S/C19H33N3O3/c1-5-25-11-10-22-17(13-15(4)20-22)19(24)21-8-6-16(7-9-21)18(23)12-14(2)3/h13-14,16,18,23H,5-12H2,1-4H3/t18-/m1/s1. The molecule has 1 N–H and O–H groups in total. The summed E-state index contributed by atoms with van der Waals surface area (Å²) in [4.78, 5) is 14.8. The number of hydrogen-bond acceptors (Lipinski definition) is 4. The van der Waals surface area contributed by atoms with Crippen LogP contribution in [0.5, 0.6) is 0 Å². The van der Waals surface area contributed by atoms with Gasteiger partial charge in [0.2, 0.25) is 0 Å². The maximum atomic E-state index is 12.9. The van der Waals surface area contributed by atoms with Crippen LogP contribution in [0.25, 0.3) is 0 Å². The largest absolute Gasteiger partial charge is 0.393 e. The zero-order chi connectivity index (χ0) is 18.4. The Morgan fingerprint density at radius 3 is 2.68 bits per heavy atom. The molecule has 0 unspecified atom stereocenters. The van der Waals surface area contributed by atoms with Gasteiger partial charge in [-0.25, -0.2) is 0 Å². The van der Waals surface area contributed by atoms with Gasteiger partial charge >= 0.3 is 0 Å². The number of carbonyl (C=O) groups is 1. The minimum Gasteiger partial charge on any atom is -0.393 e. The first-order valence-electron chi connectivity index (χ1n) is 9.51. The lowest BCUT2D eigenvalue weighted by Crippen LogP contribution is -2.42. The minimum absolute atomic E-state index is 0.0360. The number of likely N-dealkylation sites (tertiary alicyclic amines) is 1. The van der Waals surface area contributed by atoms with Crippen molar-refractivity contribution in [2.24, 2.45) is 11.8 Å². The lowest BCUT2D eigenvalue weighted by molar-refractivity contribution is 0.0377. The smallest absolute Gasteiger partial charge is 0.272 e. The van der Waals surface area contributed by atoms with E-state index in [0.29, 0.717) is 50.4 Å². The van der Waals surface area contributed by atoms with Crippen molar-refractivity contribution in [1.82, 2.24) is 14.7 Å². The van der Waals surface area contributed by atoms with Gasteiger partial charge in [0.05, 0.1) is 24.9 Å². The first-order chi connectivity index (χ1) is 11.9. The molecule has 1 atom stereocenters. The summed E-state index contributed by atoms with van der Waals surface area (Å²) in [5.74, 6) is 0.835. The van der Waals surface area contributed by atoms with Crippen molar-refractivity contribution < 1.29 is 14.6 Å². The summed E-state index contributed by atoms with van der Waals surface area (Å²) in [5.41, 5.74) is 1.49. The highest BCUT2D eigenvalue weighted by atomic mass is 16.5. The summed E-state index contributed by atoms with van der Waals surface area (Å²) in [7, 11) is 0. The molecule has 2 rings (SSSR count). The third-order valence-corrected chi connectivity index (χ3v) is 4.86. The second-order valence-corrected chi connectivity index (χ2v) is 7.42. The molecule has 1 saturated heterocycles. The third kappa shape index (κ3) is 5.54. The molecule has 1 aliphatic rings. The molecular formula is C19H33N3O3. The van der Waals surface area contributed by atoms with Crippen LogP contribution in [-0.2, 0) is 11.3 Å². The maximum Gasteiger partial charge on any atom is 0.272 e.